The Balaban J connectivity index is 1.46. The largest absolute Gasteiger partial charge is 0.488 e. The third kappa shape index (κ3) is 4.27. The van der Waals surface area contributed by atoms with Gasteiger partial charge in [0.15, 0.2) is 0 Å². The van der Waals surface area contributed by atoms with E-state index in [1.54, 1.807) is 18.5 Å². The maximum absolute atomic E-state index is 11.7. The van der Waals surface area contributed by atoms with E-state index in [0.29, 0.717) is 22.6 Å². The number of hydrogen-bond donors (Lipinski definition) is 1. The quantitative estimate of drug-likeness (QED) is 0.623. The van der Waals surface area contributed by atoms with Crippen molar-refractivity contribution in [1.29, 1.82) is 0 Å². The van der Waals surface area contributed by atoms with Crippen molar-refractivity contribution in [2.75, 3.05) is 0 Å². The van der Waals surface area contributed by atoms with Gasteiger partial charge in [0.1, 0.15) is 17.4 Å². The molecule has 1 saturated carbocycles. The number of ether oxygens (including phenoxy) is 2. The molecule has 0 saturated heterocycles. The summed E-state index contributed by atoms with van der Waals surface area (Å²) >= 11 is 3.47. The summed E-state index contributed by atoms with van der Waals surface area (Å²) in [5.41, 5.74) is 2.18. The van der Waals surface area contributed by atoms with Gasteiger partial charge in [0, 0.05) is 17.7 Å². The van der Waals surface area contributed by atoms with Gasteiger partial charge in [-0.25, -0.2) is 15.0 Å². The van der Waals surface area contributed by atoms with Crippen LogP contribution in [0.5, 0.6) is 11.8 Å². The highest BCUT2D eigenvalue weighted by molar-refractivity contribution is 9.08. The molecule has 0 aliphatic heterocycles. The number of fused-ring (bicyclic) bond motifs is 1. The van der Waals surface area contributed by atoms with Crippen molar-refractivity contribution >= 4 is 27.0 Å². The zero-order chi connectivity index (χ0) is 18.6. The van der Waals surface area contributed by atoms with Crippen LogP contribution in [0.4, 0.5) is 0 Å². The number of nitrogens with one attached hydrogen (secondary N) is 1. The molecular weight excluding hydrogens is 412 g/mol. The number of aromatic amines is 1. The summed E-state index contributed by atoms with van der Waals surface area (Å²) < 4.78 is 12.1. The molecule has 27 heavy (non-hydrogen) atoms. The second-order valence-electron chi connectivity index (χ2n) is 6.53. The molecule has 1 aliphatic carbocycles. The molecule has 0 atom stereocenters. The van der Waals surface area contributed by atoms with Crippen molar-refractivity contribution < 1.29 is 9.47 Å². The van der Waals surface area contributed by atoms with Gasteiger partial charge >= 0.3 is 6.01 Å². The van der Waals surface area contributed by atoms with E-state index < -0.39 is 0 Å². The number of aromatic nitrogens is 4. The summed E-state index contributed by atoms with van der Waals surface area (Å²) in [4.78, 5) is 27.0. The molecule has 1 N–H and O–H groups in total. The van der Waals surface area contributed by atoms with E-state index in [2.05, 4.69) is 35.9 Å². The van der Waals surface area contributed by atoms with Crippen LogP contribution in [-0.2, 0) is 5.33 Å². The monoisotopic (exact) mass is 430 g/mol. The number of alkyl halides is 1. The van der Waals surface area contributed by atoms with Crippen LogP contribution < -0.4 is 15.0 Å². The highest BCUT2D eigenvalue weighted by Gasteiger charge is 2.25. The van der Waals surface area contributed by atoms with Crippen LogP contribution in [0, 0.1) is 0 Å². The second-order valence-corrected chi connectivity index (χ2v) is 7.10. The summed E-state index contributed by atoms with van der Waals surface area (Å²) in [6.07, 6.45) is 8.27. The first kappa shape index (κ1) is 17.9. The molecule has 0 unspecified atom stereocenters. The fourth-order valence-electron chi connectivity index (χ4n) is 3.28. The third-order valence-electron chi connectivity index (χ3n) is 4.59. The topological polar surface area (TPSA) is 90.0 Å². The van der Waals surface area contributed by atoms with E-state index in [1.807, 2.05) is 12.1 Å². The average molecular weight is 431 g/mol. The van der Waals surface area contributed by atoms with Crippen LogP contribution in [0.3, 0.4) is 0 Å². The van der Waals surface area contributed by atoms with Crippen LogP contribution in [0.2, 0.25) is 0 Å². The molecule has 0 amide bonds. The van der Waals surface area contributed by atoms with Crippen molar-refractivity contribution in [3.05, 3.63) is 52.7 Å². The maximum atomic E-state index is 11.7. The van der Waals surface area contributed by atoms with E-state index in [4.69, 9.17) is 9.47 Å². The van der Waals surface area contributed by atoms with Crippen molar-refractivity contribution in [1.82, 2.24) is 19.9 Å². The highest BCUT2D eigenvalue weighted by atomic mass is 79.9. The Morgan fingerprint density at radius 1 is 1.04 bits per heavy atom. The number of hydrogen-bond acceptors (Lipinski definition) is 6. The van der Waals surface area contributed by atoms with Gasteiger partial charge < -0.3 is 14.5 Å². The molecule has 2 aromatic heterocycles. The minimum absolute atomic E-state index is 0.0685. The van der Waals surface area contributed by atoms with Crippen molar-refractivity contribution in [2.24, 2.45) is 0 Å². The molecule has 0 spiro atoms. The SMILES string of the molecule is O=c1cnc2cc(CBr)cc(OC3CCC(Oc4ncccn4)CC3)c2[nH]1. The first-order valence-electron chi connectivity index (χ1n) is 8.89. The average Bonchev–Trinajstić information content (AvgIpc) is 2.70. The Morgan fingerprint density at radius 2 is 1.74 bits per heavy atom. The molecule has 0 radical (unpaired) electrons. The summed E-state index contributed by atoms with van der Waals surface area (Å²) in [6, 6.07) is 6.08. The fraction of sp³-hybridized carbons (Fsp3) is 0.368. The zero-order valence-corrected chi connectivity index (χ0v) is 16.2. The van der Waals surface area contributed by atoms with Crippen LogP contribution in [0.15, 0.2) is 41.6 Å². The Bertz CT molecular complexity index is 972. The molecule has 1 fully saturated rings. The maximum Gasteiger partial charge on any atom is 0.316 e. The van der Waals surface area contributed by atoms with E-state index in [-0.39, 0.29) is 17.8 Å². The Hall–Kier alpha value is -2.48. The third-order valence-corrected chi connectivity index (χ3v) is 5.24. The highest BCUT2D eigenvalue weighted by Crippen LogP contribution is 2.30. The van der Waals surface area contributed by atoms with Crippen molar-refractivity contribution in [2.45, 2.75) is 43.2 Å². The Kier molecular flexibility index (Phi) is 5.33. The van der Waals surface area contributed by atoms with Crippen LogP contribution in [0.1, 0.15) is 31.2 Å². The van der Waals surface area contributed by atoms with E-state index >= 15 is 0 Å². The summed E-state index contributed by atoms with van der Waals surface area (Å²) in [7, 11) is 0. The van der Waals surface area contributed by atoms with Gasteiger partial charge in [-0.05, 0) is 49.4 Å². The molecule has 8 heteroatoms. The smallest absolute Gasteiger partial charge is 0.316 e. The molecular formula is C19H19BrN4O3. The summed E-state index contributed by atoms with van der Waals surface area (Å²) in [6.45, 7) is 0. The van der Waals surface area contributed by atoms with Crippen molar-refractivity contribution in [3.63, 3.8) is 0 Å². The second kappa shape index (κ2) is 8.04. The van der Waals surface area contributed by atoms with Gasteiger partial charge in [0.25, 0.3) is 5.56 Å². The van der Waals surface area contributed by atoms with Gasteiger partial charge in [-0.3, -0.25) is 4.79 Å². The number of nitrogens with zero attached hydrogens (tertiary/aromatic N) is 3. The first-order chi connectivity index (χ1) is 13.2. The van der Waals surface area contributed by atoms with E-state index in [9.17, 15) is 4.79 Å². The van der Waals surface area contributed by atoms with Crippen LogP contribution >= 0.6 is 15.9 Å². The first-order valence-corrected chi connectivity index (χ1v) is 10.0. The number of rotatable bonds is 5. The number of benzene rings is 1. The molecule has 1 aromatic carbocycles. The van der Waals surface area contributed by atoms with E-state index in [1.165, 1.54) is 6.20 Å². The van der Waals surface area contributed by atoms with Gasteiger partial charge in [-0.2, -0.15) is 0 Å². The molecule has 0 bridgehead atoms. The number of halogens is 1. The molecule has 4 rings (SSSR count). The summed E-state index contributed by atoms with van der Waals surface area (Å²) in [5, 5.41) is 0.692. The Labute approximate surface area is 164 Å². The minimum Gasteiger partial charge on any atom is -0.488 e. The van der Waals surface area contributed by atoms with Gasteiger partial charge in [0.2, 0.25) is 0 Å². The lowest BCUT2D eigenvalue weighted by molar-refractivity contribution is 0.0756. The van der Waals surface area contributed by atoms with E-state index in [0.717, 1.165) is 36.8 Å². The summed E-state index contributed by atoms with van der Waals surface area (Å²) in [5.74, 6) is 0.669. The molecule has 1 aliphatic rings. The van der Waals surface area contributed by atoms with Crippen molar-refractivity contribution in [3.8, 4) is 11.8 Å². The standard InChI is InChI=1S/C19H19BrN4O3/c20-10-12-8-15-18(24-17(25)11-23-15)16(9-12)26-13-2-4-14(5-3-13)27-19-21-6-1-7-22-19/h1,6-9,11,13-14H,2-5,10H2,(H,24,25). The number of H-pyrrole nitrogens is 1. The normalized spacial score (nSPS) is 19.7. The molecule has 7 nitrogen and oxygen atoms in total. The molecule has 2 heterocycles. The lowest BCUT2D eigenvalue weighted by atomic mass is 9.95. The van der Waals surface area contributed by atoms with Gasteiger partial charge in [-0.1, -0.05) is 15.9 Å². The predicted molar refractivity (Wildman–Crippen MR) is 104 cm³/mol. The van der Waals surface area contributed by atoms with Crippen LogP contribution in [-0.4, -0.2) is 32.1 Å². The molecule has 3 aromatic rings. The minimum atomic E-state index is -0.237. The van der Waals surface area contributed by atoms with Gasteiger partial charge in [-0.15, -0.1) is 0 Å². The molecule has 140 valence electrons. The van der Waals surface area contributed by atoms with Crippen LogP contribution in [0.25, 0.3) is 11.0 Å². The lowest BCUT2D eigenvalue weighted by Crippen LogP contribution is -2.30. The lowest BCUT2D eigenvalue weighted by Gasteiger charge is -2.29. The fourth-order valence-corrected chi connectivity index (χ4v) is 3.60. The predicted octanol–water partition coefficient (Wildman–Crippen LogP) is 3.38. The Morgan fingerprint density at radius 3 is 2.44 bits per heavy atom. The van der Waals surface area contributed by atoms with Gasteiger partial charge in [0.05, 0.1) is 17.8 Å². The zero-order valence-electron chi connectivity index (χ0n) is 14.6.